The minimum Gasteiger partial charge on any atom is -0.442 e. The van der Waals surface area contributed by atoms with Gasteiger partial charge >= 0.3 is 0 Å². The van der Waals surface area contributed by atoms with Gasteiger partial charge in [0, 0.05) is 18.3 Å². The van der Waals surface area contributed by atoms with E-state index in [1.165, 1.54) is 11.9 Å². The number of hydrazone groups is 1. The number of hydrogen-bond acceptors (Lipinski definition) is 6. The molecule has 26 heavy (non-hydrogen) atoms. The summed E-state index contributed by atoms with van der Waals surface area (Å²) in [5, 5.41) is 10.4. The predicted molar refractivity (Wildman–Crippen MR) is 94.6 cm³/mol. The minimum atomic E-state index is -0.875. The van der Waals surface area contributed by atoms with Gasteiger partial charge in [0.1, 0.15) is 0 Å². The van der Waals surface area contributed by atoms with Crippen LogP contribution >= 0.6 is 11.6 Å². The first-order valence-corrected chi connectivity index (χ1v) is 8.32. The number of nitrogens with zero attached hydrogens (tertiary/aromatic N) is 6. The number of ether oxygens (including phenoxy) is 1. The van der Waals surface area contributed by atoms with Gasteiger partial charge in [-0.2, -0.15) is 9.99 Å². The summed E-state index contributed by atoms with van der Waals surface area (Å²) in [5.41, 5.74) is 2.31. The quantitative estimate of drug-likeness (QED) is 0.692. The summed E-state index contributed by atoms with van der Waals surface area (Å²) in [6.45, 7) is 5.19. The molecular weight excluding hydrogens is 356 g/mol. The van der Waals surface area contributed by atoms with Gasteiger partial charge in [0.05, 0.1) is 10.6 Å². The summed E-state index contributed by atoms with van der Waals surface area (Å²) >= 11 is 6.22. The Morgan fingerprint density at radius 3 is 2.73 bits per heavy atom. The highest BCUT2D eigenvalue weighted by atomic mass is 35.5. The molecular formula is C17H15ClN6O2. The van der Waals surface area contributed by atoms with Crippen LogP contribution in [0.25, 0.3) is 5.78 Å². The number of benzene rings is 1. The third-order valence-electron chi connectivity index (χ3n) is 3.93. The maximum absolute atomic E-state index is 12.1. The van der Waals surface area contributed by atoms with Crippen LogP contribution in [0.3, 0.4) is 0 Å². The second kappa shape index (κ2) is 6.06. The Balaban J connectivity index is 1.76. The Labute approximate surface area is 154 Å². The summed E-state index contributed by atoms with van der Waals surface area (Å²) < 4.78 is 7.50. The molecule has 0 fully saturated rings. The fourth-order valence-corrected chi connectivity index (χ4v) is 2.98. The Kier molecular flexibility index (Phi) is 3.84. The average Bonchev–Trinajstić information content (AvgIpc) is 3.19. The highest BCUT2D eigenvalue weighted by molar-refractivity contribution is 6.33. The molecule has 3 heterocycles. The summed E-state index contributed by atoms with van der Waals surface area (Å²) in [6.07, 6.45) is -0.875. The van der Waals surface area contributed by atoms with E-state index in [1.807, 2.05) is 32.0 Å². The van der Waals surface area contributed by atoms with E-state index in [-0.39, 0.29) is 11.8 Å². The first kappa shape index (κ1) is 16.5. The van der Waals surface area contributed by atoms with Gasteiger partial charge in [-0.1, -0.05) is 23.7 Å². The van der Waals surface area contributed by atoms with Crippen molar-refractivity contribution >= 4 is 29.2 Å². The van der Waals surface area contributed by atoms with Crippen LogP contribution < -0.4 is 0 Å². The second-order valence-electron chi connectivity index (χ2n) is 5.94. The second-order valence-corrected chi connectivity index (χ2v) is 6.35. The molecule has 1 aromatic carbocycles. The number of carbonyl (C=O) groups is 1. The van der Waals surface area contributed by atoms with E-state index < -0.39 is 6.23 Å². The molecule has 0 bridgehead atoms. The molecule has 0 spiro atoms. The lowest BCUT2D eigenvalue weighted by Gasteiger charge is -2.15. The molecule has 9 heteroatoms. The molecule has 1 atom stereocenters. The summed E-state index contributed by atoms with van der Waals surface area (Å²) in [7, 11) is 0. The van der Waals surface area contributed by atoms with Gasteiger partial charge in [-0.3, -0.25) is 4.79 Å². The van der Waals surface area contributed by atoms with Crippen LogP contribution in [0.5, 0.6) is 0 Å². The van der Waals surface area contributed by atoms with Crippen molar-refractivity contribution in [1.29, 1.82) is 0 Å². The van der Waals surface area contributed by atoms with E-state index in [0.29, 0.717) is 22.2 Å². The van der Waals surface area contributed by atoms with Gasteiger partial charge < -0.3 is 4.74 Å². The van der Waals surface area contributed by atoms with Crippen molar-refractivity contribution in [3.8, 4) is 0 Å². The molecule has 1 aliphatic rings. The summed E-state index contributed by atoms with van der Waals surface area (Å²) in [4.78, 5) is 20.8. The molecule has 0 N–H and O–H groups in total. The highest BCUT2D eigenvalue weighted by Crippen LogP contribution is 2.30. The van der Waals surface area contributed by atoms with Crippen LogP contribution in [0, 0.1) is 13.8 Å². The summed E-state index contributed by atoms with van der Waals surface area (Å²) in [6, 6.07) is 9.02. The maximum Gasteiger partial charge on any atom is 0.258 e. The van der Waals surface area contributed by atoms with Crippen molar-refractivity contribution in [3.63, 3.8) is 0 Å². The van der Waals surface area contributed by atoms with Crippen LogP contribution in [0.2, 0.25) is 5.02 Å². The van der Waals surface area contributed by atoms with Gasteiger partial charge in [0.25, 0.3) is 12.0 Å². The fraction of sp³-hybridized carbons (Fsp3) is 0.235. The first-order valence-electron chi connectivity index (χ1n) is 7.95. The monoisotopic (exact) mass is 370 g/mol. The van der Waals surface area contributed by atoms with E-state index in [4.69, 9.17) is 16.3 Å². The number of aromatic nitrogens is 4. The molecule has 0 radical (unpaired) electrons. The molecule has 1 unspecified atom stereocenters. The van der Waals surface area contributed by atoms with E-state index >= 15 is 0 Å². The van der Waals surface area contributed by atoms with Crippen LogP contribution in [0.1, 0.15) is 35.9 Å². The number of fused-ring (bicyclic) bond motifs is 1. The van der Waals surface area contributed by atoms with Gasteiger partial charge in [0.15, 0.2) is 0 Å². The zero-order valence-corrected chi connectivity index (χ0v) is 15.1. The van der Waals surface area contributed by atoms with Crippen molar-refractivity contribution in [2.75, 3.05) is 0 Å². The third kappa shape index (κ3) is 2.68. The largest absolute Gasteiger partial charge is 0.442 e. The maximum atomic E-state index is 12.1. The molecule has 0 saturated heterocycles. The molecule has 0 saturated carbocycles. The van der Waals surface area contributed by atoms with Gasteiger partial charge in [-0.05, 0) is 32.0 Å². The molecule has 1 amide bonds. The van der Waals surface area contributed by atoms with Crippen molar-refractivity contribution in [1.82, 2.24) is 24.6 Å². The molecule has 8 nitrogen and oxygen atoms in total. The lowest BCUT2D eigenvalue weighted by atomic mass is 10.2. The average molecular weight is 371 g/mol. The van der Waals surface area contributed by atoms with Crippen molar-refractivity contribution in [2.45, 2.75) is 27.0 Å². The number of halogens is 1. The van der Waals surface area contributed by atoms with E-state index in [2.05, 4.69) is 20.2 Å². The Morgan fingerprint density at radius 1 is 1.23 bits per heavy atom. The molecule has 132 valence electrons. The van der Waals surface area contributed by atoms with Gasteiger partial charge in [0.2, 0.25) is 17.6 Å². The zero-order chi connectivity index (χ0) is 18.4. The fourth-order valence-electron chi connectivity index (χ4n) is 2.77. The lowest BCUT2D eigenvalue weighted by molar-refractivity contribution is -0.135. The molecule has 1 aliphatic heterocycles. The molecule has 4 rings (SSSR count). The standard InChI is InChI=1S/C17H15ClN6O2/c1-9-8-10(2)23-17(19-9)20-14(21-23)16-24(11(3)25)22-15(26-16)12-6-4-5-7-13(12)18/h4-8,16H,1-3H3. The molecule has 3 aromatic rings. The Morgan fingerprint density at radius 2 is 2.00 bits per heavy atom. The topological polar surface area (TPSA) is 85.0 Å². The van der Waals surface area contributed by atoms with Crippen LogP contribution in [0.15, 0.2) is 35.4 Å². The Bertz CT molecular complexity index is 1060. The number of hydrogen-bond donors (Lipinski definition) is 0. The van der Waals surface area contributed by atoms with Crippen molar-refractivity contribution < 1.29 is 9.53 Å². The normalized spacial score (nSPS) is 16.7. The zero-order valence-electron chi connectivity index (χ0n) is 14.3. The van der Waals surface area contributed by atoms with Crippen LogP contribution in [0.4, 0.5) is 0 Å². The highest BCUT2D eigenvalue weighted by Gasteiger charge is 2.37. The number of rotatable bonds is 2. The van der Waals surface area contributed by atoms with E-state index in [0.717, 1.165) is 11.4 Å². The van der Waals surface area contributed by atoms with E-state index in [1.54, 1.807) is 16.6 Å². The van der Waals surface area contributed by atoms with Crippen molar-refractivity contribution in [2.24, 2.45) is 5.10 Å². The van der Waals surface area contributed by atoms with Gasteiger partial charge in [-0.25, -0.2) is 9.50 Å². The van der Waals surface area contributed by atoms with E-state index in [9.17, 15) is 4.79 Å². The van der Waals surface area contributed by atoms with Crippen LogP contribution in [-0.2, 0) is 9.53 Å². The SMILES string of the molecule is CC(=O)N1N=C(c2ccccc2Cl)OC1c1nc2nc(C)cc(C)n2n1. The minimum absolute atomic E-state index is 0.246. The third-order valence-corrected chi connectivity index (χ3v) is 4.26. The summed E-state index contributed by atoms with van der Waals surface area (Å²) in [5.74, 6) is 0.690. The van der Waals surface area contributed by atoms with Crippen LogP contribution in [-0.4, -0.2) is 36.4 Å². The first-order chi connectivity index (χ1) is 12.4. The molecule has 2 aromatic heterocycles. The van der Waals surface area contributed by atoms with Gasteiger partial charge in [-0.15, -0.1) is 10.2 Å². The smallest absolute Gasteiger partial charge is 0.258 e. The molecule has 0 aliphatic carbocycles. The number of carbonyl (C=O) groups excluding carboxylic acids is 1. The lowest BCUT2D eigenvalue weighted by Crippen LogP contribution is -2.26. The predicted octanol–water partition coefficient (Wildman–Crippen LogP) is 2.63. The number of amides is 1. The Hall–Kier alpha value is -3.00. The number of aryl methyl sites for hydroxylation is 2. The van der Waals surface area contributed by atoms with Crippen molar-refractivity contribution in [3.05, 3.63) is 58.1 Å².